The number of rotatable bonds is 4. The van der Waals surface area contributed by atoms with Gasteiger partial charge in [0.15, 0.2) is 0 Å². The normalized spacial score (nSPS) is 18.0. The Labute approximate surface area is 125 Å². The fraction of sp³-hybridized carbons (Fsp3) is 0.529. The molecular weight excluding hydrogens is 266 g/mol. The Morgan fingerprint density at radius 2 is 1.90 bits per heavy atom. The second-order valence-electron chi connectivity index (χ2n) is 6.40. The van der Waals surface area contributed by atoms with Crippen molar-refractivity contribution in [1.29, 1.82) is 0 Å². The lowest BCUT2D eigenvalue weighted by molar-refractivity contribution is -0.155. The summed E-state index contributed by atoms with van der Waals surface area (Å²) in [5.74, 6) is -0.765. The van der Waals surface area contributed by atoms with Crippen LogP contribution in [0.2, 0.25) is 0 Å². The van der Waals surface area contributed by atoms with Crippen LogP contribution in [0.3, 0.4) is 0 Å². The largest absolute Gasteiger partial charge is 0.480 e. The molecule has 0 spiro atoms. The molecule has 0 fully saturated rings. The fourth-order valence-electron chi connectivity index (χ4n) is 2.79. The van der Waals surface area contributed by atoms with Crippen LogP contribution in [0.1, 0.15) is 37.8 Å². The summed E-state index contributed by atoms with van der Waals surface area (Å²) >= 11 is 0. The second kappa shape index (κ2) is 5.88. The summed E-state index contributed by atoms with van der Waals surface area (Å²) in [6.07, 6.45) is 3.31. The molecule has 4 heteroatoms. The van der Waals surface area contributed by atoms with Crippen LogP contribution < -0.4 is 0 Å². The van der Waals surface area contributed by atoms with Gasteiger partial charge in [0, 0.05) is 13.5 Å². The summed E-state index contributed by atoms with van der Waals surface area (Å²) in [5.41, 5.74) is 1.53. The van der Waals surface area contributed by atoms with Crippen molar-refractivity contribution in [2.75, 3.05) is 7.05 Å². The average Bonchev–Trinajstić information content (AvgIpc) is 2.46. The summed E-state index contributed by atoms with van der Waals surface area (Å²) in [5, 5.41) is 9.20. The number of carboxylic acid groups (broad SMARTS) is 1. The van der Waals surface area contributed by atoms with E-state index in [1.54, 1.807) is 20.9 Å². The molecule has 0 radical (unpaired) electrons. The number of carbonyl (C=O) groups is 2. The molecule has 0 aromatic heterocycles. The van der Waals surface area contributed by atoms with Crippen LogP contribution in [0.25, 0.3) is 0 Å². The number of amides is 1. The molecule has 21 heavy (non-hydrogen) atoms. The van der Waals surface area contributed by atoms with E-state index in [0.717, 1.165) is 19.3 Å². The minimum atomic E-state index is -1.16. The van der Waals surface area contributed by atoms with Gasteiger partial charge in [0.1, 0.15) is 5.54 Å². The molecule has 0 bridgehead atoms. The molecule has 1 N–H and O–H groups in total. The third-order valence-electron chi connectivity index (χ3n) is 4.65. The van der Waals surface area contributed by atoms with Gasteiger partial charge in [0.2, 0.25) is 5.91 Å². The highest BCUT2D eigenvalue weighted by atomic mass is 16.4. The Kier molecular flexibility index (Phi) is 4.35. The third-order valence-corrected chi connectivity index (χ3v) is 4.65. The van der Waals surface area contributed by atoms with Crippen LogP contribution in [0.15, 0.2) is 24.3 Å². The van der Waals surface area contributed by atoms with Crippen LogP contribution in [0.5, 0.6) is 0 Å². The van der Waals surface area contributed by atoms with Crippen molar-refractivity contribution in [3.05, 3.63) is 35.4 Å². The lowest BCUT2D eigenvalue weighted by Crippen LogP contribution is -2.51. The number of hydrogen-bond acceptors (Lipinski definition) is 2. The van der Waals surface area contributed by atoms with E-state index in [4.69, 9.17) is 0 Å². The first kappa shape index (κ1) is 15.5. The quantitative estimate of drug-likeness (QED) is 0.926. The number of carboxylic acids is 1. The van der Waals surface area contributed by atoms with Crippen LogP contribution >= 0.6 is 0 Å². The van der Waals surface area contributed by atoms with Crippen LogP contribution in [-0.2, 0) is 22.4 Å². The number of likely N-dealkylation sites (N-methyl/N-ethyl adjacent to an activating group) is 1. The van der Waals surface area contributed by atoms with Crippen LogP contribution in [0, 0.1) is 5.92 Å². The molecule has 1 aliphatic carbocycles. The van der Waals surface area contributed by atoms with Crippen molar-refractivity contribution in [1.82, 2.24) is 4.90 Å². The maximum Gasteiger partial charge on any atom is 0.329 e. The Morgan fingerprint density at radius 3 is 2.52 bits per heavy atom. The van der Waals surface area contributed by atoms with Crippen molar-refractivity contribution in [3.63, 3.8) is 0 Å². The maximum atomic E-state index is 12.3. The van der Waals surface area contributed by atoms with Gasteiger partial charge in [-0.3, -0.25) is 4.79 Å². The number of aliphatic carboxylic acids is 1. The lowest BCUT2D eigenvalue weighted by Gasteiger charge is -2.33. The molecule has 1 atom stereocenters. The summed E-state index contributed by atoms with van der Waals surface area (Å²) in [6, 6.07) is 8.35. The Balaban J connectivity index is 2.00. The summed E-state index contributed by atoms with van der Waals surface area (Å²) in [7, 11) is 1.58. The molecule has 114 valence electrons. The van der Waals surface area contributed by atoms with Gasteiger partial charge in [-0.1, -0.05) is 24.3 Å². The molecule has 0 saturated heterocycles. The van der Waals surface area contributed by atoms with Gasteiger partial charge in [-0.2, -0.15) is 0 Å². The van der Waals surface area contributed by atoms with E-state index in [9.17, 15) is 14.7 Å². The van der Waals surface area contributed by atoms with Crippen molar-refractivity contribution >= 4 is 11.9 Å². The van der Waals surface area contributed by atoms with E-state index in [1.807, 2.05) is 12.1 Å². The number of hydrogen-bond donors (Lipinski definition) is 1. The smallest absolute Gasteiger partial charge is 0.329 e. The zero-order valence-corrected chi connectivity index (χ0v) is 12.9. The van der Waals surface area contributed by atoms with Crippen LogP contribution in [-0.4, -0.2) is 34.5 Å². The predicted molar refractivity (Wildman–Crippen MR) is 81.1 cm³/mol. The van der Waals surface area contributed by atoms with E-state index in [0.29, 0.717) is 12.3 Å². The van der Waals surface area contributed by atoms with E-state index in [1.165, 1.54) is 16.0 Å². The molecule has 0 aliphatic heterocycles. The van der Waals surface area contributed by atoms with E-state index in [-0.39, 0.29) is 5.91 Å². The van der Waals surface area contributed by atoms with Crippen molar-refractivity contribution in [2.45, 2.75) is 45.1 Å². The standard InChI is InChI=1S/C17H23NO3/c1-17(2,16(20)21)18(3)15(19)11-12-8-9-13-6-4-5-7-14(13)10-12/h4-7,12H,8-11H2,1-3H3,(H,20,21). The molecule has 4 nitrogen and oxygen atoms in total. The first-order chi connectivity index (χ1) is 9.82. The number of carbonyl (C=O) groups excluding carboxylic acids is 1. The topological polar surface area (TPSA) is 57.6 Å². The lowest BCUT2D eigenvalue weighted by atomic mass is 9.82. The van der Waals surface area contributed by atoms with Gasteiger partial charge in [0.05, 0.1) is 0 Å². The zero-order chi connectivity index (χ0) is 15.6. The highest BCUT2D eigenvalue weighted by Gasteiger charge is 2.36. The fourth-order valence-corrected chi connectivity index (χ4v) is 2.79. The summed E-state index contributed by atoms with van der Waals surface area (Å²) in [6.45, 7) is 3.12. The van der Waals surface area contributed by atoms with Crippen molar-refractivity contribution in [3.8, 4) is 0 Å². The van der Waals surface area contributed by atoms with Gasteiger partial charge in [-0.05, 0) is 50.2 Å². The predicted octanol–water partition coefficient (Wildman–Crippen LogP) is 2.50. The summed E-state index contributed by atoms with van der Waals surface area (Å²) in [4.78, 5) is 24.9. The molecule has 1 unspecified atom stereocenters. The molecule has 1 aromatic carbocycles. The van der Waals surface area contributed by atoms with E-state index < -0.39 is 11.5 Å². The zero-order valence-electron chi connectivity index (χ0n) is 12.9. The summed E-state index contributed by atoms with van der Waals surface area (Å²) < 4.78 is 0. The maximum absolute atomic E-state index is 12.3. The number of aryl methyl sites for hydroxylation is 1. The first-order valence-electron chi connectivity index (χ1n) is 7.39. The number of benzene rings is 1. The van der Waals surface area contributed by atoms with Crippen molar-refractivity contribution < 1.29 is 14.7 Å². The Bertz CT molecular complexity index is 551. The van der Waals surface area contributed by atoms with Gasteiger partial charge in [-0.15, -0.1) is 0 Å². The minimum Gasteiger partial charge on any atom is -0.480 e. The first-order valence-corrected chi connectivity index (χ1v) is 7.39. The average molecular weight is 289 g/mol. The Hall–Kier alpha value is -1.84. The SMILES string of the molecule is CN(C(=O)CC1CCc2ccccc2C1)C(C)(C)C(=O)O. The molecular formula is C17H23NO3. The second-order valence-corrected chi connectivity index (χ2v) is 6.40. The molecule has 1 aromatic rings. The number of fused-ring (bicyclic) bond motifs is 1. The molecule has 1 aliphatic rings. The van der Waals surface area contributed by atoms with Crippen LogP contribution in [0.4, 0.5) is 0 Å². The molecule has 1 amide bonds. The van der Waals surface area contributed by atoms with Gasteiger partial charge in [-0.25, -0.2) is 4.79 Å². The Morgan fingerprint density at radius 1 is 1.29 bits per heavy atom. The monoisotopic (exact) mass is 289 g/mol. The molecule has 2 rings (SSSR count). The highest BCUT2D eigenvalue weighted by Crippen LogP contribution is 2.28. The highest BCUT2D eigenvalue weighted by molar-refractivity contribution is 5.86. The minimum absolute atomic E-state index is 0.0909. The van der Waals surface area contributed by atoms with E-state index >= 15 is 0 Å². The van der Waals surface area contributed by atoms with Gasteiger partial charge < -0.3 is 10.0 Å². The molecule has 0 saturated carbocycles. The van der Waals surface area contributed by atoms with E-state index in [2.05, 4.69) is 12.1 Å². The third kappa shape index (κ3) is 3.26. The van der Waals surface area contributed by atoms with Gasteiger partial charge >= 0.3 is 5.97 Å². The molecule has 0 heterocycles. The van der Waals surface area contributed by atoms with Gasteiger partial charge in [0.25, 0.3) is 0 Å². The number of nitrogens with zero attached hydrogens (tertiary/aromatic N) is 1. The van der Waals surface area contributed by atoms with Crippen molar-refractivity contribution in [2.24, 2.45) is 5.92 Å².